The molecule has 1 amide bonds. The van der Waals surface area contributed by atoms with Crippen molar-refractivity contribution in [1.82, 2.24) is 0 Å². The molecule has 0 fully saturated rings. The molecule has 3 nitrogen and oxygen atoms in total. The van der Waals surface area contributed by atoms with E-state index in [1.807, 2.05) is 61.2 Å². The summed E-state index contributed by atoms with van der Waals surface area (Å²) in [6, 6.07) is 16.2. The minimum atomic E-state index is 0.0802. The molecule has 0 aliphatic rings. The quantitative estimate of drug-likeness (QED) is 0.846. The zero-order valence-corrected chi connectivity index (χ0v) is 14.5. The summed E-state index contributed by atoms with van der Waals surface area (Å²) in [7, 11) is 0. The van der Waals surface area contributed by atoms with Gasteiger partial charge in [-0.25, -0.2) is 0 Å². The molecule has 23 heavy (non-hydrogen) atoms. The molecule has 0 aliphatic carbocycles. The van der Waals surface area contributed by atoms with Crippen LogP contribution in [0.5, 0.6) is 0 Å². The minimum Gasteiger partial charge on any atom is -0.376 e. The zero-order chi connectivity index (χ0) is 16.8. The predicted octanol–water partition coefficient (Wildman–Crippen LogP) is 4.58. The van der Waals surface area contributed by atoms with Gasteiger partial charge in [0.1, 0.15) is 0 Å². The number of carbonyl (C=O) groups is 1. The van der Waals surface area contributed by atoms with Gasteiger partial charge in [-0.05, 0) is 49.1 Å². The van der Waals surface area contributed by atoms with Crippen molar-refractivity contribution in [3.8, 4) is 0 Å². The van der Waals surface area contributed by atoms with Gasteiger partial charge >= 0.3 is 0 Å². The molecule has 2 rings (SSSR count). The van der Waals surface area contributed by atoms with Crippen molar-refractivity contribution in [1.29, 1.82) is 0 Å². The maximum atomic E-state index is 12.6. The molecule has 0 aromatic heterocycles. The molecule has 3 heteroatoms. The number of hydrogen-bond acceptors (Lipinski definition) is 2. The van der Waals surface area contributed by atoms with Crippen LogP contribution in [0.1, 0.15) is 37.8 Å². The summed E-state index contributed by atoms with van der Waals surface area (Å²) in [4.78, 5) is 14.4. The van der Waals surface area contributed by atoms with Crippen LogP contribution in [0.3, 0.4) is 0 Å². The van der Waals surface area contributed by atoms with E-state index in [0.717, 1.165) is 16.9 Å². The number of anilines is 2. The molecule has 122 valence electrons. The van der Waals surface area contributed by atoms with Gasteiger partial charge < -0.3 is 10.2 Å². The summed E-state index contributed by atoms with van der Waals surface area (Å²) in [5, 5.41) is 3.30. The van der Waals surface area contributed by atoms with Crippen LogP contribution in [-0.2, 0) is 4.79 Å². The second-order valence-electron chi connectivity index (χ2n) is 6.07. The van der Waals surface area contributed by atoms with Crippen molar-refractivity contribution in [3.05, 3.63) is 59.7 Å². The standard InChI is InChI=1S/C20H26N2O/c1-5-22(17-10-8-9-16(4)13-17)20(23)14-21-19-12-7-6-11-18(19)15(2)3/h6-13,15,21H,5,14H2,1-4H3. The summed E-state index contributed by atoms with van der Waals surface area (Å²) in [6.45, 7) is 9.32. The van der Waals surface area contributed by atoms with Gasteiger partial charge in [-0.1, -0.05) is 44.2 Å². The van der Waals surface area contributed by atoms with E-state index in [9.17, 15) is 4.79 Å². The lowest BCUT2D eigenvalue weighted by molar-refractivity contribution is -0.116. The fourth-order valence-corrected chi connectivity index (χ4v) is 2.73. The van der Waals surface area contributed by atoms with Crippen molar-refractivity contribution in [2.24, 2.45) is 0 Å². The average Bonchev–Trinajstić information content (AvgIpc) is 2.54. The van der Waals surface area contributed by atoms with Crippen LogP contribution in [0.15, 0.2) is 48.5 Å². The van der Waals surface area contributed by atoms with E-state index in [4.69, 9.17) is 0 Å². The molecule has 0 unspecified atom stereocenters. The number of likely N-dealkylation sites (N-methyl/N-ethyl adjacent to an activating group) is 1. The third-order valence-electron chi connectivity index (χ3n) is 3.94. The fraction of sp³-hybridized carbons (Fsp3) is 0.350. The minimum absolute atomic E-state index is 0.0802. The number of nitrogens with one attached hydrogen (secondary N) is 1. The average molecular weight is 310 g/mol. The van der Waals surface area contributed by atoms with Crippen LogP contribution in [0.4, 0.5) is 11.4 Å². The highest BCUT2D eigenvalue weighted by Crippen LogP contribution is 2.23. The maximum absolute atomic E-state index is 12.6. The highest BCUT2D eigenvalue weighted by molar-refractivity contribution is 5.96. The second kappa shape index (κ2) is 7.82. The molecule has 0 aliphatic heterocycles. The van der Waals surface area contributed by atoms with E-state index in [1.165, 1.54) is 5.56 Å². The number of carbonyl (C=O) groups excluding carboxylic acids is 1. The van der Waals surface area contributed by atoms with Gasteiger partial charge in [0.05, 0.1) is 6.54 Å². The molecule has 1 N–H and O–H groups in total. The van der Waals surface area contributed by atoms with E-state index >= 15 is 0 Å². The number of amides is 1. The van der Waals surface area contributed by atoms with Crippen LogP contribution < -0.4 is 10.2 Å². The monoisotopic (exact) mass is 310 g/mol. The molecule has 0 radical (unpaired) electrons. The van der Waals surface area contributed by atoms with Gasteiger partial charge in [-0.3, -0.25) is 4.79 Å². The molecule has 0 saturated heterocycles. The summed E-state index contributed by atoms with van der Waals surface area (Å²) >= 11 is 0. The molecule has 0 bridgehead atoms. The van der Waals surface area contributed by atoms with Crippen LogP contribution >= 0.6 is 0 Å². The highest BCUT2D eigenvalue weighted by atomic mass is 16.2. The van der Waals surface area contributed by atoms with E-state index in [1.54, 1.807) is 0 Å². The van der Waals surface area contributed by atoms with Gasteiger partial charge in [-0.15, -0.1) is 0 Å². The SMILES string of the molecule is CCN(C(=O)CNc1ccccc1C(C)C)c1cccc(C)c1. The normalized spacial score (nSPS) is 10.7. The van der Waals surface area contributed by atoms with Crippen molar-refractivity contribution in [3.63, 3.8) is 0 Å². The Morgan fingerprint density at radius 1 is 1.13 bits per heavy atom. The van der Waals surface area contributed by atoms with Gasteiger partial charge in [0.15, 0.2) is 0 Å². The van der Waals surface area contributed by atoms with Crippen molar-refractivity contribution >= 4 is 17.3 Å². The number of benzene rings is 2. The summed E-state index contributed by atoms with van der Waals surface area (Å²) in [5.41, 5.74) is 4.39. The Morgan fingerprint density at radius 3 is 2.52 bits per heavy atom. The lowest BCUT2D eigenvalue weighted by Gasteiger charge is -2.22. The van der Waals surface area contributed by atoms with Gasteiger partial charge in [-0.2, -0.15) is 0 Å². The van der Waals surface area contributed by atoms with Crippen LogP contribution in [-0.4, -0.2) is 19.0 Å². The number of nitrogens with zero attached hydrogens (tertiary/aromatic N) is 1. The first kappa shape index (κ1) is 17.1. The number of hydrogen-bond donors (Lipinski definition) is 1. The van der Waals surface area contributed by atoms with Crippen molar-refractivity contribution in [2.45, 2.75) is 33.6 Å². The van der Waals surface area contributed by atoms with Crippen molar-refractivity contribution < 1.29 is 4.79 Å². The maximum Gasteiger partial charge on any atom is 0.246 e. The third-order valence-corrected chi connectivity index (χ3v) is 3.94. The predicted molar refractivity (Wildman–Crippen MR) is 98.2 cm³/mol. The highest BCUT2D eigenvalue weighted by Gasteiger charge is 2.14. The lowest BCUT2D eigenvalue weighted by Crippen LogP contribution is -2.35. The number of para-hydroxylation sites is 1. The zero-order valence-electron chi connectivity index (χ0n) is 14.5. The smallest absolute Gasteiger partial charge is 0.246 e. The van der Waals surface area contributed by atoms with Crippen molar-refractivity contribution in [2.75, 3.05) is 23.3 Å². The largest absolute Gasteiger partial charge is 0.376 e. The molecular weight excluding hydrogens is 284 g/mol. The molecule has 0 atom stereocenters. The molecule has 2 aromatic carbocycles. The van der Waals surface area contributed by atoms with Crippen LogP contribution in [0.2, 0.25) is 0 Å². The topological polar surface area (TPSA) is 32.3 Å². The summed E-state index contributed by atoms with van der Waals surface area (Å²) < 4.78 is 0. The first-order chi connectivity index (χ1) is 11.0. The lowest BCUT2D eigenvalue weighted by atomic mass is 10.0. The molecular formula is C20H26N2O. The third kappa shape index (κ3) is 4.35. The Morgan fingerprint density at radius 2 is 1.87 bits per heavy atom. The van der Waals surface area contributed by atoms with Gasteiger partial charge in [0.2, 0.25) is 5.91 Å². The van der Waals surface area contributed by atoms with E-state index in [0.29, 0.717) is 19.0 Å². The Hall–Kier alpha value is -2.29. The Labute approximate surface area is 139 Å². The molecule has 2 aromatic rings. The van der Waals surface area contributed by atoms with E-state index < -0.39 is 0 Å². The first-order valence-electron chi connectivity index (χ1n) is 8.22. The molecule has 0 heterocycles. The van der Waals surface area contributed by atoms with Gasteiger partial charge in [0, 0.05) is 17.9 Å². The fourth-order valence-electron chi connectivity index (χ4n) is 2.73. The Balaban J connectivity index is 2.09. The number of rotatable bonds is 6. The summed E-state index contributed by atoms with van der Waals surface area (Å²) in [5.74, 6) is 0.504. The number of aryl methyl sites for hydroxylation is 1. The van der Waals surface area contributed by atoms with Crippen LogP contribution in [0.25, 0.3) is 0 Å². The molecule has 0 saturated carbocycles. The van der Waals surface area contributed by atoms with E-state index in [2.05, 4.69) is 25.2 Å². The summed E-state index contributed by atoms with van der Waals surface area (Å²) in [6.07, 6.45) is 0. The Bertz CT molecular complexity index is 664. The Kier molecular flexibility index (Phi) is 5.80. The van der Waals surface area contributed by atoms with Gasteiger partial charge in [0.25, 0.3) is 0 Å². The molecule has 0 spiro atoms. The van der Waals surface area contributed by atoms with E-state index in [-0.39, 0.29) is 5.91 Å². The first-order valence-corrected chi connectivity index (χ1v) is 8.22. The second-order valence-corrected chi connectivity index (χ2v) is 6.07. The van der Waals surface area contributed by atoms with Crippen LogP contribution in [0, 0.1) is 6.92 Å².